The Morgan fingerprint density at radius 2 is 2.00 bits per heavy atom. The van der Waals surface area contributed by atoms with Crippen LogP contribution in [0.25, 0.3) is 6.08 Å². The number of nitrogens with zero attached hydrogens (tertiary/aromatic N) is 1. The summed E-state index contributed by atoms with van der Waals surface area (Å²) < 4.78 is 5.14. The van der Waals surface area contributed by atoms with Crippen molar-refractivity contribution in [1.82, 2.24) is 4.90 Å². The van der Waals surface area contributed by atoms with Crippen molar-refractivity contribution in [1.29, 1.82) is 0 Å². The van der Waals surface area contributed by atoms with E-state index in [1.807, 2.05) is 19.1 Å². The van der Waals surface area contributed by atoms with Crippen LogP contribution < -0.4 is 4.74 Å². The van der Waals surface area contributed by atoms with E-state index >= 15 is 0 Å². The van der Waals surface area contributed by atoms with Crippen LogP contribution in [-0.4, -0.2) is 43.4 Å². The van der Waals surface area contributed by atoms with Gasteiger partial charge in [-0.25, -0.2) is 0 Å². The highest BCUT2D eigenvalue weighted by Gasteiger charge is 2.02. The maximum atomic E-state index is 9.27. The molecule has 19 heavy (non-hydrogen) atoms. The molecule has 106 valence electrons. The fourth-order valence-electron chi connectivity index (χ4n) is 1.94. The predicted octanol–water partition coefficient (Wildman–Crippen LogP) is 2.80. The zero-order valence-corrected chi connectivity index (χ0v) is 12.4. The van der Waals surface area contributed by atoms with Gasteiger partial charge in [0, 0.05) is 13.1 Å². The Bertz CT molecular complexity index is 396. The van der Waals surface area contributed by atoms with E-state index in [1.165, 1.54) is 11.1 Å². The number of likely N-dealkylation sites (N-methyl/N-ethyl adjacent to an activating group) is 1. The molecule has 0 radical (unpaired) electrons. The van der Waals surface area contributed by atoms with E-state index in [1.54, 1.807) is 7.11 Å². The Morgan fingerprint density at radius 1 is 1.37 bits per heavy atom. The van der Waals surface area contributed by atoms with Crippen molar-refractivity contribution in [3.05, 3.63) is 35.4 Å². The maximum absolute atomic E-state index is 9.27. The Hall–Kier alpha value is -1.32. The lowest BCUT2D eigenvalue weighted by Crippen LogP contribution is -2.24. The third-order valence-corrected chi connectivity index (χ3v) is 2.98. The smallest absolute Gasteiger partial charge is 0.118 e. The average Bonchev–Trinajstić information content (AvgIpc) is 2.37. The van der Waals surface area contributed by atoms with Crippen molar-refractivity contribution in [2.45, 2.75) is 26.4 Å². The van der Waals surface area contributed by atoms with Gasteiger partial charge in [-0.15, -0.1) is 0 Å². The molecule has 3 heteroatoms. The maximum Gasteiger partial charge on any atom is 0.118 e. The minimum absolute atomic E-state index is 0.228. The van der Waals surface area contributed by atoms with Gasteiger partial charge >= 0.3 is 0 Å². The first-order valence-corrected chi connectivity index (χ1v) is 6.69. The summed E-state index contributed by atoms with van der Waals surface area (Å²) in [4.78, 5) is 2.22. The quantitative estimate of drug-likeness (QED) is 0.821. The third kappa shape index (κ3) is 6.41. The number of methoxy groups -OCH3 is 1. The molecule has 0 aliphatic heterocycles. The van der Waals surface area contributed by atoms with Crippen molar-refractivity contribution >= 4 is 6.08 Å². The van der Waals surface area contributed by atoms with Gasteiger partial charge in [-0.1, -0.05) is 23.8 Å². The Morgan fingerprint density at radius 3 is 2.53 bits per heavy atom. The number of hydrogen-bond acceptors (Lipinski definition) is 3. The summed E-state index contributed by atoms with van der Waals surface area (Å²) in [5.74, 6) is 0.879. The minimum atomic E-state index is -0.228. The SMILES string of the molecule is COc1ccc(/C=C(/C)CN(C)CCC(C)O)cc1. The number of ether oxygens (including phenoxy) is 1. The van der Waals surface area contributed by atoms with Crippen LogP contribution in [0.3, 0.4) is 0 Å². The van der Waals surface area contributed by atoms with Gasteiger partial charge in [-0.2, -0.15) is 0 Å². The average molecular weight is 263 g/mol. The fraction of sp³-hybridized carbons (Fsp3) is 0.500. The lowest BCUT2D eigenvalue weighted by Gasteiger charge is -2.17. The number of rotatable bonds is 7. The van der Waals surface area contributed by atoms with E-state index in [2.05, 4.69) is 37.1 Å². The standard InChI is InChI=1S/C16H25NO2/c1-13(12-17(3)10-9-14(2)18)11-15-5-7-16(19-4)8-6-15/h5-8,11,14,18H,9-10,12H2,1-4H3/b13-11-. The fourth-order valence-corrected chi connectivity index (χ4v) is 1.94. The highest BCUT2D eigenvalue weighted by atomic mass is 16.5. The molecule has 0 heterocycles. The molecule has 1 aromatic rings. The second-order valence-corrected chi connectivity index (χ2v) is 5.14. The Balaban J connectivity index is 2.51. The third-order valence-electron chi connectivity index (χ3n) is 2.98. The van der Waals surface area contributed by atoms with Crippen LogP contribution in [0.15, 0.2) is 29.8 Å². The molecule has 1 atom stereocenters. The molecule has 0 aliphatic carbocycles. The number of aliphatic hydroxyl groups excluding tert-OH is 1. The van der Waals surface area contributed by atoms with Crippen molar-refractivity contribution in [3.63, 3.8) is 0 Å². The van der Waals surface area contributed by atoms with E-state index in [-0.39, 0.29) is 6.10 Å². The summed E-state index contributed by atoms with van der Waals surface area (Å²) in [6, 6.07) is 8.04. The topological polar surface area (TPSA) is 32.7 Å². The van der Waals surface area contributed by atoms with E-state index in [9.17, 15) is 5.11 Å². The molecular weight excluding hydrogens is 238 g/mol. The van der Waals surface area contributed by atoms with E-state index in [0.717, 1.165) is 25.3 Å². The van der Waals surface area contributed by atoms with Crippen LogP contribution in [-0.2, 0) is 0 Å². The first-order valence-electron chi connectivity index (χ1n) is 6.69. The molecule has 0 aromatic heterocycles. The minimum Gasteiger partial charge on any atom is -0.497 e. The molecule has 3 nitrogen and oxygen atoms in total. The summed E-state index contributed by atoms with van der Waals surface area (Å²) in [6.07, 6.45) is 2.76. The molecule has 0 aliphatic rings. The van der Waals surface area contributed by atoms with Crippen LogP contribution in [0.4, 0.5) is 0 Å². The number of benzene rings is 1. The monoisotopic (exact) mass is 263 g/mol. The zero-order chi connectivity index (χ0) is 14.3. The first kappa shape index (κ1) is 15.7. The van der Waals surface area contributed by atoms with Gasteiger partial charge < -0.3 is 14.7 Å². The predicted molar refractivity (Wildman–Crippen MR) is 80.4 cm³/mol. The van der Waals surface area contributed by atoms with Crippen molar-refractivity contribution in [2.24, 2.45) is 0 Å². The molecule has 1 aromatic carbocycles. The van der Waals surface area contributed by atoms with Gasteiger partial charge in [0.2, 0.25) is 0 Å². The zero-order valence-electron chi connectivity index (χ0n) is 12.4. The molecule has 1 rings (SSSR count). The highest BCUT2D eigenvalue weighted by molar-refractivity contribution is 5.53. The Labute approximate surface area is 116 Å². The van der Waals surface area contributed by atoms with E-state index < -0.39 is 0 Å². The summed E-state index contributed by atoms with van der Waals surface area (Å²) in [5.41, 5.74) is 2.49. The largest absolute Gasteiger partial charge is 0.497 e. The molecule has 1 N–H and O–H groups in total. The van der Waals surface area contributed by atoms with Crippen LogP contribution in [0.5, 0.6) is 5.75 Å². The van der Waals surface area contributed by atoms with Gasteiger partial charge in [0.25, 0.3) is 0 Å². The van der Waals surface area contributed by atoms with E-state index in [4.69, 9.17) is 4.74 Å². The molecule has 1 unspecified atom stereocenters. The van der Waals surface area contributed by atoms with Crippen LogP contribution in [0, 0.1) is 0 Å². The van der Waals surface area contributed by atoms with Crippen molar-refractivity contribution < 1.29 is 9.84 Å². The summed E-state index contributed by atoms with van der Waals surface area (Å²) in [5, 5.41) is 9.27. The van der Waals surface area contributed by atoms with Crippen molar-refractivity contribution in [2.75, 3.05) is 27.2 Å². The van der Waals surface area contributed by atoms with Crippen molar-refractivity contribution in [3.8, 4) is 5.75 Å². The van der Waals surface area contributed by atoms with Crippen LogP contribution >= 0.6 is 0 Å². The van der Waals surface area contributed by atoms with Crippen LogP contribution in [0.2, 0.25) is 0 Å². The lowest BCUT2D eigenvalue weighted by molar-refractivity contribution is 0.167. The number of aliphatic hydroxyl groups is 1. The summed E-state index contributed by atoms with van der Waals surface area (Å²) >= 11 is 0. The summed E-state index contributed by atoms with van der Waals surface area (Å²) in [6.45, 7) is 5.78. The highest BCUT2D eigenvalue weighted by Crippen LogP contribution is 2.14. The molecule has 0 fully saturated rings. The second kappa shape index (κ2) is 7.97. The normalized spacial score (nSPS) is 13.7. The first-order chi connectivity index (χ1) is 9.01. The van der Waals surface area contributed by atoms with Gasteiger partial charge in [0.05, 0.1) is 13.2 Å². The Kier molecular flexibility index (Phi) is 6.60. The summed E-state index contributed by atoms with van der Waals surface area (Å²) in [7, 11) is 3.75. The van der Waals surface area contributed by atoms with E-state index in [0.29, 0.717) is 0 Å². The molecule has 0 saturated carbocycles. The molecule has 0 bridgehead atoms. The second-order valence-electron chi connectivity index (χ2n) is 5.14. The molecular formula is C16H25NO2. The molecule has 0 amide bonds. The van der Waals surface area contributed by atoms with Gasteiger partial charge in [-0.3, -0.25) is 0 Å². The van der Waals surface area contributed by atoms with Gasteiger partial charge in [-0.05, 0) is 45.0 Å². The molecule has 0 spiro atoms. The van der Waals surface area contributed by atoms with Gasteiger partial charge in [0.15, 0.2) is 0 Å². The van der Waals surface area contributed by atoms with Gasteiger partial charge in [0.1, 0.15) is 5.75 Å². The number of hydrogen-bond donors (Lipinski definition) is 1. The van der Waals surface area contributed by atoms with Crippen LogP contribution in [0.1, 0.15) is 25.8 Å². The molecule has 0 saturated heterocycles. The lowest BCUT2D eigenvalue weighted by atomic mass is 10.1.